The van der Waals surface area contributed by atoms with Gasteiger partial charge in [0.2, 0.25) is 5.91 Å². The molecule has 0 unspecified atom stereocenters. The number of anilines is 1. The number of hydrogen-bond donors (Lipinski definition) is 1. The average Bonchev–Trinajstić information content (AvgIpc) is 2.95. The van der Waals surface area contributed by atoms with Gasteiger partial charge in [0.25, 0.3) is 10.0 Å². The molecule has 1 N–H and O–H groups in total. The highest BCUT2D eigenvalue weighted by Crippen LogP contribution is 2.31. The van der Waals surface area contributed by atoms with Crippen molar-refractivity contribution < 1.29 is 13.2 Å². The van der Waals surface area contributed by atoms with E-state index in [2.05, 4.69) is 9.71 Å². The first-order valence-electron chi connectivity index (χ1n) is 9.46. The molecule has 146 valence electrons. The quantitative estimate of drug-likeness (QED) is 0.844. The zero-order chi connectivity index (χ0) is 19.9. The molecule has 6 nitrogen and oxygen atoms in total. The Morgan fingerprint density at radius 2 is 1.93 bits per heavy atom. The summed E-state index contributed by atoms with van der Waals surface area (Å²) in [5.41, 5.74) is 3.50. The van der Waals surface area contributed by atoms with Gasteiger partial charge in [-0.1, -0.05) is 29.8 Å². The SMILES string of the molecule is Cc1ccc(NC(=O)[C@@H]2CCCCN2C2=NS(=O)(=O)c3ccccc32)c(C)c1. The fourth-order valence-electron chi connectivity index (χ4n) is 3.92. The number of carbonyl (C=O) groups excluding carboxylic acids is 1. The van der Waals surface area contributed by atoms with Gasteiger partial charge in [-0.3, -0.25) is 4.79 Å². The normalized spacial score (nSPS) is 20.4. The molecule has 0 spiro atoms. The number of carbonyl (C=O) groups is 1. The van der Waals surface area contributed by atoms with Gasteiger partial charge in [-0.15, -0.1) is 4.40 Å². The van der Waals surface area contributed by atoms with Crippen LogP contribution in [-0.2, 0) is 14.8 Å². The fraction of sp³-hybridized carbons (Fsp3) is 0.333. The van der Waals surface area contributed by atoms with E-state index in [9.17, 15) is 13.2 Å². The smallest absolute Gasteiger partial charge is 0.285 e. The maximum Gasteiger partial charge on any atom is 0.285 e. The van der Waals surface area contributed by atoms with Crippen LogP contribution in [0.2, 0.25) is 0 Å². The lowest BCUT2D eigenvalue weighted by atomic mass is 9.99. The molecule has 2 aromatic carbocycles. The molecule has 0 saturated carbocycles. The molecule has 7 heteroatoms. The molecule has 0 radical (unpaired) electrons. The van der Waals surface area contributed by atoms with Gasteiger partial charge >= 0.3 is 0 Å². The van der Waals surface area contributed by atoms with Gasteiger partial charge in [0, 0.05) is 17.8 Å². The van der Waals surface area contributed by atoms with Gasteiger partial charge in [-0.25, -0.2) is 0 Å². The second kappa shape index (κ2) is 7.05. The minimum absolute atomic E-state index is 0.129. The van der Waals surface area contributed by atoms with E-state index in [1.165, 1.54) is 0 Å². The predicted octanol–water partition coefficient (Wildman–Crippen LogP) is 3.25. The van der Waals surface area contributed by atoms with E-state index in [1.54, 1.807) is 24.3 Å². The average molecular weight is 398 g/mol. The molecule has 2 heterocycles. The molecule has 2 aliphatic heterocycles. The minimum atomic E-state index is -3.71. The number of rotatable bonds is 2. The molecule has 28 heavy (non-hydrogen) atoms. The van der Waals surface area contributed by atoms with Gasteiger partial charge in [0.05, 0.1) is 0 Å². The van der Waals surface area contributed by atoms with Crippen LogP contribution in [0.4, 0.5) is 5.69 Å². The van der Waals surface area contributed by atoms with Crippen LogP contribution >= 0.6 is 0 Å². The van der Waals surface area contributed by atoms with Crippen LogP contribution in [0.3, 0.4) is 0 Å². The van der Waals surface area contributed by atoms with Crippen molar-refractivity contribution in [3.63, 3.8) is 0 Å². The molecule has 2 aliphatic rings. The zero-order valence-corrected chi connectivity index (χ0v) is 16.8. The summed E-state index contributed by atoms with van der Waals surface area (Å²) >= 11 is 0. The topological polar surface area (TPSA) is 78.8 Å². The Bertz CT molecular complexity index is 1080. The van der Waals surface area contributed by atoms with E-state index in [-0.39, 0.29) is 10.8 Å². The Labute approximate surface area is 165 Å². The molecule has 1 saturated heterocycles. The monoisotopic (exact) mass is 397 g/mol. The molecule has 4 rings (SSSR count). The number of amides is 1. The zero-order valence-electron chi connectivity index (χ0n) is 16.0. The van der Waals surface area contributed by atoms with Crippen molar-refractivity contribution >= 4 is 27.5 Å². The molecular weight excluding hydrogens is 374 g/mol. The van der Waals surface area contributed by atoms with Crippen molar-refractivity contribution in [2.45, 2.75) is 44.0 Å². The van der Waals surface area contributed by atoms with Gasteiger partial charge < -0.3 is 10.2 Å². The molecule has 1 atom stereocenters. The number of fused-ring (bicyclic) bond motifs is 1. The standard InChI is InChI=1S/C21H23N3O3S/c1-14-10-11-17(15(2)13-14)22-21(25)18-8-5-6-12-24(18)20-16-7-3-4-9-19(16)28(26,27)23-20/h3-4,7,9-11,13,18H,5-6,8,12H2,1-2H3,(H,22,25)/t18-/m0/s1. The second-order valence-electron chi connectivity index (χ2n) is 7.40. The first-order valence-corrected chi connectivity index (χ1v) is 10.9. The third-order valence-electron chi connectivity index (χ3n) is 5.33. The first kappa shape index (κ1) is 18.7. The molecule has 0 aromatic heterocycles. The summed E-state index contributed by atoms with van der Waals surface area (Å²) in [6, 6.07) is 12.3. The highest BCUT2D eigenvalue weighted by atomic mass is 32.2. The van der Waals surface area contributed by atoms with Crippen molar-refractivity contribution in [3.8, 4) is 0 Å². The van der Waals surface area contributed by atoms with Gasteiger partial charge in [-0.2, -0.15) is 8.42 Å². The molecule has 1 amide bonds. The van der Waals surface area contributed by atoms with Crippen LogP contribution in [-0.4, -0.2) is 37.6 Å². The van der Waals surface area contributed by atoms with E-state index in [0.29, 0.717) is 24.4 Å². The number of sulfonamides is 1. The van der Waals surface area contributed by atoms with Crippen LogP contribution in [0.25, 0.3) is 0 Å². The summed E-state index contributed by atoms with van der Waals surface area (Å²) in [5, 5.41) is 3.02. The van der Waals surface area contributed by atoms with E-state index < -0.39 is 16.1 Å². The Balaban J connectivity index is 1.65. The first-order chi connectivity index (χ1) is 13.4. The van der Waals surface area contributed by atoms with E-state index in [0.717, 1.165) is 29.7 Å². The Kier molecular flexibility index (Phi) is 4.71. The summed E-state index contributed by atoms with van der Waals surface area (Å²) in [5.74, 6) is 0.257. The molecular formula is C21H23N3O3S. The second-order valence-corrected chi connectivity index (χ2v) is 8.97. The summed E-state index contributed by atoms with van der Waals surface area (Å²) in [7, 11) is -3.71. The van der Waals surface area contributed by atoms with Crippen molar-refractivity contribution in [3.05, 3.63) is 59.2 Å². The highest BCUT2D eigenvalue weighted by Gasteiger charge is 2.38. The lowest BCUT2D eigenvalue weighted by Gasteiger charge is -2.36. The molecule has 1 fully saturated rings. The third-order valence-corrected chi connectivity index (χ3v) is 6.65. The predicted molar refractivity (Wildman–Crippen MR) is 109 cm³/mol. The largest absolute Gasteiger partial charge is 0.343 e. The van der Waals surface area contributed by atoms with Crippen molar-refractivity contribution in [1.29, 1.82) is 0 Å². The van der Waals surface area contributed by atoms with Gasteiger partial charge in [0.15, 0.2) is 5.84 Å². The molecule has 0 aliphatic carbocycles. The maximum absolute atomic E-state index is 13.1. The Morgan fingerprint density at radius 3 is 2.71 bits per heavy atom. The van der Waals surface area contributed by atoms with Crippen LogP contribution in [0.1, 0.15) is 36.0 Å². The van der Waals surface area contributed by atoms with Crippen molar-refractivity contribution in [2.24, 2.45) is 4.40 Å². The van der Waals surface area contributed by atoms with Crippen molar-refractivity contribution in [1.82, 2.24) is 4.90 Å². The number of likely N-dealkylation sites (tertiary alicyclic amines) is 1. The fourth-order valence-corrected chi connectivity index (χ4v) is 5.14. The summed E-state index contributed by atoms with van der Waals surface area (Å²) < 4.78 is 28.9. The van der Waals surface area contributed by atoms with Crippen LogP contribution in [0.5, 0.6) is 0 Å². The van der Waals surface area contributed by atoms with Gasteiger partial charge in [-0.05, 0) is 56.9 Å². The third kappa shape index (κ3) is 3.30. The lowest BCUT2D eigenvalue weighted by molar-refractivity contribution is -0.120. The maximum atomic E-state index is 13.1. The number of hydrogen-bond acceptors (Lipinski definition) is 4. The summed E-state index contributed by atoms with van der Waals surface area (Å²) in [6.45, 7) is 4.58. The summed E-state index contributed by atoms with van der Waals surface area (Å²) in [4.78, 5) is 15.2. The number of amidine groups is 1. The van der Waals surface area contributed by atoms with Crippen LogP contribution in [0.15, 0.2) is 51.8 Å². The van der Waals surface area contributed by atoms with E-state index >= 15 is 0 Å². The summed E-state index contributed by atoms with van der Waals surface area (Å²) in [6.07, 6.45) is 2.48. The number of piperidine rings is 1. The number of nitrogens with one attached hydrogen (secondary N) is 1. The number of nitrogens with zero attached hydrogens (tertiary/aromatic N) is 2. The number of benzene rings is 2. The minimum Gasteiger partial charge on any atom is -0.343 e. The van der Waals surface area contributed by atoms with E-state index in [1.807, 2.05) is 36.9 Å². The Morgan fingerprint density at radius 1 is 1.14 bits per heavy atom. The Hall–Kier alpha value is -2.67. The molecule has 0 bridgehead atoms. The highest BCUT2D eigenvalue weighted by molar-refractivity contribution is 7.90. The van der Waals surface area contributed by atoms with E-state index in [4.69, 9.17) is 0 Å². The molecule has 2 aromatic rings. The van der Waals surface area contributed by atoms with Crippen molar-refractivity contribution in [2.75, 3.05) is 11.9 Å². The van der Waals surface area contributed by atoms with Gasteiger partial charge in [0.1, 0.15) is 10.9 Å². The lowest BCUT2D eigenvalue weighted by Crippen LogP contribution is -2.50. The number of aryl methyl sites for hydroxylation is 2. The van der Waals surface area contributed by atoms with Crippen LogP contribution < -0.4 is 5.32 Å². The van der Waals surface area contributed by atoms with Crippen LogP contribution in [0, 0.1) is 13.8 Å².